The highest BCUT2D eigenvalue weighted by atomic mass is 16.5. The van der Waals surface area contributed by atoms with Crippen LogP contribution in [0.3, 0.4) is 0 Å². The Kier molecular flexibility index (Phi) is 6.70. The Bertz CT molecular complexity index is 1030. The van der Waals surface area contributed by atoms with Gasteiger partial charge in [0.2, 0.25) is 0 Å². The highest BCUT2D eigenvalue weighted by molar-refractivity contribution is 5.91. The smallest absolute Gasteiger partial charge is 0.339 e. The minimum Gasteiger partial charge on any atom is -0.508 e. The monoisotopic (exact) mass is 405 g/mol. The first-order valence-electron chi connectivity index (χ1n) is 9.49. The first kappa shape index (κ1) is 20.9. The quantitative estimate of drug-likeness (QED) is 0.591. The summed E-state index contributed by atoms with van der Waals surface area (Å²) in [5.41, 5.74) is 2.38. The van der Waals surface area contributed by atoms with Crippen molar-refractivity contribution in [2.75, 3.05) is 6.61 Å². The summed E-state index contributed by atoms with van der Waals surface area (Å²) in [6.07, 6.45) is 0. The van der Waals surface area contributed by atoms with E-state index in [0.717, 1.165) is 11.1 Å². The minimum absolute atomic E-state index is 0.00344. The number of carbonyl (C=O) groups is 2. The lowest BCUT2D eigenvalue weighted by molar-refractivity contribution is -0.134. The second-order valence-electron chi connectivity index (χ2n) is 6.96. The predicted octanol–water partition coefficient (Wildman–Crippen LogP) is 4.01. The first-order valence-corrected chi connectivity index (χ1v) is 9.49. The van der Waals surface area contributed by atoms with Crippen molar-refractivity contribution in [2.24, 2.45) is 0 Å². The van der Waals surface area contributed by atoms with Crippen LogP contribution in [0.5, 0.6) is 11.5 Å². The molecule has 30 heavy (non-hydrogen) atoms. The summed E-state index contributed by atoms with van der Waals surface area (Å²) >= 11 is 0. The van der Waals surface area contributed by atoms with Crippen molar-refractivity contribution in [1.82, 2.24) is 4.90 Å². The van der Waals surface area contributed by atoms with Crippen molar-refractivity contribution in [3.63, 3.8) is 0 Å². The molecule has 0 spiro atoms. The second-order valence-corrected chi connectivity index (χ2v) is 6.96. The van der Waals surface area contributed by atoms with Gasteiger partial charge in [0.15, 0.2) is 6.61 Å². The van der Waals surface area contributed by atoms with E-state index in [4.69, 9.17) is 4.74 Å². The summed E-state index contributed by atoms with van der Waals surface area (Å²) in [5.74, 6) is -1.18. The lowest BCUT2D eigenvalue weighted by Gasteiger charge is -2.24. The zero-order valence-corrected chi connectivity index (χ0v) is 16.6. The number of hydrogen-bond donors (Lipinski definition) is 2. The van der Waals surface area contributed by atoms with E-state index in [-0.39, 0.29) is 36.1 Å². The number of amides is 1. The summed E-state index contributed by atoms with van der Waals surface area (Å²) in [6.45, 7) is 2.03. The number of phenolic OH excluding ortho intramolecular Hbond substituents is 1. The summed E-state index contributed by atoms with van der Waals surface area (Å²) in [7, 11) is 0. The zero-order valence-electron chi connectivity index (χ0n) is 16.6. The van der Waals surface area contributed by atoms with Crippen molar-refractivity contribution >= 4 is 11.9 Å². The predicted molar refractivity (Wildman–Crippen MR) is 112 cm³/mol. The van der Waals surface area contributed by atoms with Gasteiger partial charge in [0, 0.05) is 18.7 Å². The van der Waals surface area contributed by atoms with E-state index in [9.17, 15) is 19.8 Å². The van der Waals surface area contributed by atoms with Gasteiger partial charge in [-0.15, -0.1) is 0 Å². The molecular weight excluding hydrogens is 382 g/mol. The number of benzene rings is 3. The fourth-order valence-electron chi connectivity index (χ4n) is 3.04. The number of carboxylic acid groups (broad SMARTS) is 1. The molecule has 0 bridgehead atoms. The molecule has 6 nitrogen and oxygen atoms in total. The zero-order chi connectivity index (χ0) is 21.5. The van der Waals surface area contributed by atoms with Crippen LogP contribution in [0.1, 0.15) is 27.0 Å². The van der Waals surface area contributed by atoms with Gasteiger partial charge in [0.25, 0.3) is 5.91 Å². The Labute approximate surface area is 175 Å². The molecule has 6 heteroatoms. The Morgan fingerprint density at radius 1 is 0.933 bits per heavy atom. The Morgan fingerprint density at radius 3 is 2.33 bits per heavy atom. The van der Waals surface area contributed by atoms with E-state index in [1.54, 1.807) is 41.3 Å². The van der Waals surface area contributed by atoms with Crippen molar-refractivity contribution in [2.45, 2.75) is 20.0 Å². The van der Waals surface area contributed by atoms with Crippen molar-refractivity contribution in [3.05, 3.63) is 95.1 Å². The third kappa shape index (κ3) is 5.38. The average molecular weight is 405 g/mol. The number of aromatic carboxylic acids is 1. The Balaban J connectivity index is 1.79. The van der Waals surface area contributed by atoms with Crippen LogP contribution in [0.2, 0.25) is 0 Å². The molecule has 0 fully saturated rings. The van der Waals surface area contributed by atoms with Gasteiger partial charge in [-0.25, -0.2) is 4.79 Å². The molecule has 0 heterocycles. The molecule has 3 rings (SSSR count). The topological polar surface area (TPSA) is 87.1 Å². The van der Waals surface area contributed by atoms with Gasteiger partial charge in [0.1, 0.15) is 17.1 Å². The van der Waals surface area contributed by atoms with Crippen LogP contribution in [0.15, 0.2) is 72.8 Å². The molecule has 0 aliphatic heterocycles. The van der Waals surface area contributed by atoms with Gasteiger partial charge in [-0.2, -0.15) is 0 Å². The summed E-state index contributed by atoms with van der Waals surface area (Å²) in [4.78, 5) is 26.0. The van der Waals surface area contributed by atoms with Crippen LogP contribution in [-0.2, 0) is 17.9 Å². The van der Waals surface area contributed by atoms with Crippen LogP contribution < -0.4 is 4.74 Å². The third-order valence-electron chi connectivity index (χ3n) is 4.64. The first-order chi connectivity index (χ1) is 14.4. The molecule has 0 radical (unpaired) electrons. The molecule has 154 valence electrons. The summed E-state index contributed by atoms with van der Waals surface area (Å²) in [5, 5.41) is 19.5. The molecule has 0 aliphatic rings. The fourth-order valence-corrected chi connectivity index (χ4v) is 3.04. The second kappa shape index (κ2) is 9.60. The molecular formula is C24H23NO5. The largest absolute Gasteiger partial charge is 0.508 e. The minimum atomic E-state index is -1.12. The number of rotatable bonds is 8. The number of para-hydroxylation sites is 1. The summed E-state index contributed by atoms with van der Waals surface area (Å²) in [6, 6.07) is 21.1. The van der Waals surface area contributed by atoms with E-state index < -0.39 is 5.97 Å². The lowest BCUT2D eigenvalue weighted by Crippen LogP contribution is -2.34. The van der Waals surface area contributed by atoms with Gasteiger partial charge >= 0.3 is 5.97 Å². The normalized spacial score (nSPS) is 10.4. The van der Waals surface area contributed by atoms with Crippen LogP contribution >= 0.6 is 0 Å². The van der Waals surface area contributed by atoms with E-state index >= 15 is 0 Å². The molecule has 0 saturated heterocycles. The molecule has 0 aliphatic carbocycles. The maximum atomic E-state index is 13.0. The van der Waals surface area contributed by atoms with Crippen LogP contribution in [0.4, 0.5) is 0 Å². The fraction of sp³-hybridized carbons (Fsp3) is 0.167. The number of phenols is 1. The average Bonchev–Trinajstić information content (AvgIpc) is 2.73. The van der Waals surface area contributed by atoms with Crippen molar-refractivity contribution in [3.8, 4) is 11.5 Å². The lowest BCUT2D eigenvalue weighted by atomic mass is 10.1. The molecule has 3 aromatic rings. The van der Waals surface area contributed by atoms with Gasteiger partial charge < -0.3 is 19.8 Å². The Morgan fingerprint density at radius 2 is 1.63 bits per heavy atom. The van der Waals surface area contributed by atoms with Crippen LogP contribution in [0, 0.1) is 6.92 Å². The van der Waals surface area contributed by atoms with Gasteiger partial charge in [-0.05, 0) is 36.2 Å². The highest BCUT2D eigenvalue weighted by Gasteiger charge is 2.19. The van der Waals surface area contributed by atoms with Gasteiger partial charge in [0.05, 0.1) is 0 Å². The van der Waals surface area contributed by atoms with Crippen molar-refractivity contribution < 1.29 is 24.5 Å². The van der Waals surface area contributed by atoms with E-state index in [1.807, 2.05) is 37.3 Å². The number of hydrogen-bond acceptors (Lipinski definition) is 4. The van der Waals surface area contributed by atoms with E-state index in [1.165, 1.54) is 6.07 Å². The molecule has 0 saturated carbocycles. The third-order valence-corrected chi connectivity index (χ3v) is 4.64. The number of nitrogens with zero attached hydrogens (tertiary/aromatic N) is 1. The van der Waals surface area contributed by atoms with Crippen molar-refractivity contribution in [1.29, 1.82) is 0 Å². The van der Waals surface area contributed by atoms with Gasteiger partial charge in [-0.1, -0.05) is 54.6 Å². The standard InChI is InChI=1S/C24H23NO5/c1-17-11-12-20(24(28)29)22(13-17)30-16-23(27)25(14-18-7-3-2-4-8-18)15-19-9-5-6-10-21(19)26/h2-13,26H,14-16H2,1H3,(H,28,29). The molecule has 0 atom stereocenters. The van der Waals surface area contributed by atoms with E-state index in [2.05, 4.69) is 0 Å². The highest BCUT2D eigenvalue weighted by Crippen LogP contribution is 2.22. The molecule has 0 unspecified atom stereocenters. The molecule has 1 amide bonds. The van der Waals surface area contributed by atoms with E-state index in [0.29, 0.717) is 12.1 Å². The number of aromatic hydroxyl groups is 1. The number of carboxylic acids is 1. The molecule has 2 N–H and O–H groups in total. The maximum Gasteiger partial charge on any atom is 0.339 e. The maximum absolute atomic E-state index is 13.0. The van der Waals surface area contributed by atoms with Crippen LogP contribution in [-0.4, -0.2) is 33.6 Å². The number of aryl methyl sites for hydroxylation is 1. The van der Waals surface area contributed by atoms with Crippen LogP contribution in [0.25, 0.3) is 0 Å². The summed E-state index contributed by atoms with van der Waals surface area (Å²) < 4.78 is 5.59. The number of ether oxygens (including phenoxy) is 1. The Hall–Kier alpha value is -3.80. The molecule has 0 aromatic heterocycles. The van der Waals surface area contributed by atoms with Gasteiger partial charge in [-0.3, -0.25) is 4.79 Å². The number of carbonyl (C=O) groups excluding carboxylic acids is 1. The SMILES string of the molecule is Cc1ccc(C(=O)O)c(OCC(=O)N(Cc2ccccc2)Cc2ccccc2O)c1. The molecule has 3 aromatic carbocycles.